The Morgan fingerprint density at radius 1 is 1.00 bits per heavy atom. The number of hydrogen-bond donors (Lipinski definition) is 0. The van der Waals surface area contributed by atoms with Crippen molar-refractivity contribution >= 4 is 0 Å². The fourth-order valence-corrected chi connectivity index (χ4v) is 1.63. The highest BCUT2D eigenvalue weighted by molar-refractivity contribution is 5.62. The van der Waals surface area contributed by atoms with Crippen LogP contribution in [-0.2, 0) is 0 Å². The van der Waals surface area contributed by atoms with Gasteiger partial charge in [-0.25, -0.2) is 4.39 Å². The van der Waals surface area contributed by atoms with Crippen molar-refractivity contribution in [3.8, 4) is 11.1 Å². The molecule has 2 aromatic rings. The van der Waals surface area contributed by atoms with E-state index in [1.165, 1.54) is 17.8 Å². The van der Waals surface area contributed by atoms with Crippen LogP contribution in [0.5, 0.6) is 0 Å². The van der Waals surface area contributed by atoms with Crippen molar-refractivity contribution in [1.29, 1.82) is 0 Å². The lowest BCUT2D eigenvalue weighted by Gasteiger charge is -2.06. The normalized spacial score (nSPS) is 10.8. The molecule has 82 valence electrons. The first kappa shape index (κ1) is 10.8. The summed E-state index contributed by atoms with van der Waals surface area (Å²) in [5.41, 5.74) is 3.10. The van der Waals surface area contributed by atoms with Crippen LogP contribution in [0.15, 0.2) is 42.7 Å². The van der Waals surface area contributed by atoms with Crippen molar-refractivity contribution < 1.29 is 4.39 Å². The van der Waals surface area contributed by atoms with Gasteiger partial charge < -0.3 is 0 Å². The zero-order chi connectivity index (χ0) is 11.5. The van der Waals surface area contributed by atoms with Crippen LogP contribution in [0.25, 0.3) is 11.1 Å². The van der Waals surface area contributed by atoms with E-state index in [1.54, 1.807) is 6.20 Å². The van der Waals surface area contributed by atoms with E-state index in [2.05, 4.69) is 31.0 Å². The van der Waals surface area contributed by atoms with E-state index in [0.717, 1.165) is 11.1 Å². The standard InChI is InChI=1S/C14H14FN/c1-10(2)11-3-5-12(6-4-11)13-7-14(15)9-16-8-13/h3-10H,1-2H3. The fraction of sp³-hybridized carbons (Fsp3) is 0.214. The molecule has 1 nitrogen and oxygen atoms in total. The van der Waals surface area contributed by atoms with E-state index in [4.69, 9.17) is 0 Å². The lowest BCUT2D eigenvalue weighted by molar-refractivity contribution is 0.622. The van der Waals surface area contributed by atoms with Gasteiger partial charge in [-0.3, -0.25) is 4.98 Å². The summed E-state index contributed by atoms with van der Waals surface area (Å²) in [5, 5.41) is 0. The lowest BCUT2D eigenvalue weighted by Crippen LogP contribution is -1.87. The average Bonchev–Trinajstić information content (AvgIpc) is 2.29. The van der Waals surface area contributed by atoms with Crippen molar-refractivity contribution in [3.63, 3.8) is 0 Å². The molecule has 0 N–H and O–H groups in total. The summed E-state index contributed by atoms with van der Waals surface area (Å²) in [6.45, 7) is 4.30. The third kappa shape index (κ3) is 2.27. The molecule has 16 heavy (non-hydrogen) atoms. The summed E-state index contributed by atoms with van der Waals surface area (Å²) in [6.07, 6.45) is 2.89. The molecule has 0 aliphatic rings. The Morgan fingerprint density at radius 2 is 1.69 bits per heavy atom. The van der Waals surface area contributed by atoms with Gasteiger partial charge in [0.25, 0.3) is 0 Å². The number of hydrogen-bond acceptors (Lipinski definition) is 1. The number of pyridine rings is 1. The molecule has 0 unspecified atom stereocenters. The number of rotatable bonds is 2. The molecule has 0 radical (unpaired) electrons. The second kappa shape index (κ2) is 4.44. The zero-order valence-electron chi connectivity index (χ0n) is 9.44. The van der Waals surface area contributed by atoms with Crippen LogP contribution in [0.2, 0.25) is 0 Å². The largest absolute Gasteiger partial charge is 0.261 e. The molecule has 2 heteroatoms. The van der Waals surface area contributed by atoms with Crippen molar-refractivity contribution in [2.45, 2.75) is 19.8 Å². The van der Waals surface area contributed by atoms with Crippen LogP contribution in [0.1, 0.15) is 25.3 Å². The molecule has 0 amide bonds. The number of nitrogens with zero attached hydrogens (tertiary/aromatic N) is 1. The van der Waals surface area contributed by atoms with Gasteiger partial charge >= 0.3 is 0 Å². The maximum absolute atomic E-state index is 13.0. The van der Waals surface area contributed by atoms with Gasteiger partial charge in [0, 0.05) is 11.8 Å². The van der Waals surface area contributed by atoms with Crippen LogP contribution >= 0.6 is 0 Å². The topological polar surface area (TPSA) is 12.9 Å². The number of aromatic nitrogens is 1. The molecular formula is C14H14FN. The third-order valence-electron chi connectivity index (χ3n) is 2.62. The molecule has 0 saturated carbocycles. The Hall–Kier alpha value is -1.70. The predicted molar refractivity (Wildman–Crippen MR) is 63.7 cm³/mol. The van der Waals surface area contributed by atoms with Crippen molar-refractivity contribution in [2.75, 3.05) is 0 Å². The minimum atomic E-state index is -0.301. The molecule has 0 saturated heterocycles. The Labute approximate surface area is 95.0 Å². The Morgan fingerprint density at radius 3 is 2.25 bits per heavy atom. The van der Waals surface area contributed by atoms with Gasteiger partial charge in [-0.1, -0.05) is 38.1 Å². The summed E-state index contributed by atoms with van der Waals surface area (Å²) >= 11 is 0. The van der Waals surface area contributed by atoms with Gasteiger partial charge in [0.05, 0.1) is 6.20 Å². The highest BCUT2D eigenvalue weighted by Crippen LogP contribution is 2.22. The number of halogens is 1. The van der Waals surface area contributed by atoms with Crippen LogP contribution in [0.3, 0.4) is 0 Å². The Bertz CT molecular complexity index is 474. The molecule has 0 fully saturated rings. The first-order valence-corrected chi connectivity index (χ1v) is 5.37. The van der Waals surface area contributed by atoms with Gasteiger partial charge in [-0.15, -0.1) is 0 Å². The Balaban J connectivity index is 2.35. The van der Waals surface area contributed by atoms with E-state index < -0.39 is 0 Å². The SMILES string of the molecule is CC(C)c1ccc(-c2cncc(F)c2)cc1. The van der Waals surface area contributed by atoms with Gasteiger partial charge in [-0.2, -0.15) is 0 Å². The zero-order valence-corrected chi connectivity index (χ0v) is 9.44. The van der Waals surface area contributed by atoms with Gasteiger partial charge in [0.2, 0.25) is 0 Å². The van der Waals surface area contributed by atoms with E-state index in [0.29, 0.717) is 5.92 Å². The molecule has 0 spiro atoms. The maximum atomic E-state index is 13.0. The molecule has 0 bridgehead atoms. The van der Waals surface area contributed by atoms with E-state index in [9.17, 15) is 4.39 Å². The molecular weight excluding hydrogens is 201 g/mol. The van der Waals surface area contributed by atoms with Crippen LogP contribution in [0.4, 0.5) is 4.39 Å². The predicted octanol–water partition coefficient (Wildman–Crippen LogP) is 4.01. The first-order valence-electron chi connectivity index (χ1n) is 5.37. The van der Waals surface area contributed by atoms with Crippen molar-refractivity contribution in [1.82, 2.24) is 4.98 Å². The summed E-state index contributed by atoms with van der Waals surface area (Å²) in [7, 11) is 0. The van der Waals surface area contributed by atoms with Gasteiger partial charge in [0.15, 0.2) is 0 Å². The molecule has 1 heterocycles. The summed E-state index contributed by atoms with van der Waals surface area (Å²) in [6, 6.07) is 9.66. The van der Waals surface area contributed by atoms with E-state index in [-0.39, 0.29) is 5.82 Å². The molecule has 0 aliphatic carbocycles. The summed E-state index contributed by atoms with van der Waals surface area (Å²) in [4.78, 5) is 3.84. The second-order valence-corrected chi connectivity index (χ2v) is 4.17. The minimum Gasteiger partial charge on any atom is -0.261 e. The molecule has 0 aliphatic heterocycles. The van der Waals surface area contributed by atoms with Crippen molar-refractivity contribution in [2.24, 2.45) is 0 Å². The molecule has 1 aromatic carbocycles. The van der Waals surface area contributed by atoms with Gasteiger partial charge in [-0.05, 0) is 23.1 Å². The van der Waals surface area contributed by atoms with Crippen LogP contribution in [-0.4, -0.2) is 4.98 Å². The third-order valence-corrected chi connectivity index (χ3v) is 2.62. The molecule has 2 rings (SSSR count). The quantitative estimate of drug-likeness (QED) is 0.737. The average molecular weight is 215 g/mol. The Kier molecular flexibility index (Phi) is 3.00. The van der Waals surface area contributed by atoms with E-state index in [1.807, 2.05) is 12.1 Å². The lowest BCUT2D eigenvalue weighted by atomic mass is 9.99. The molecule has 0 atom stereocenters. The van der Waals surface area contributed by atoms with Crippen molar-refractivity contribution in [3.05, 3.63) is 54.1 Å². The monoisotopic (exact) mass is 215 g/mol. The molecule has 1 aromatic heterocycles. The summed E-state index contributed by atoms with van der Waals surface area (Å²) < 4.78 is 13.0. The number of benzene rings is 1. The van der Waals surface area contributed by atoms with Crippen LogP contribution in [0, 0.1) is 5.82 Å². The van der Waals surface area contributed by atoms with Gasteiger partial charge in [0.1, 0.15) is 5.82 Å². The fourth-order valence-electron chi connectivity index (χ4n) is 1.63. The maximum Gasteiger partial charge on any atom is 0.142 e. The highest BCUT2D eigenvalue weighted by Gasteiger charge is 2.02. The highest BCUT2D eigenvalue weighted by atomic mass is 19.1. The minimum absolute atomic E-state index is 0.301. The second-order valence-electron chi connectivity index (χ2n) is 4.17. The first-order chi connectivity index (χ1) is 7.66. The van der Waals surface area contributed by atoms with Crippen LogP contribution < -0.4 is 0 Å². The smallest absolute Gasteiger partial charge is 0.142 e. The summed E-state index contributed by atoms with van der Waals surface area (Å²) in [5.74, 6) is 0.213. The van der Waals surface area contributed by atoms with E-state index >= 15 is 0 Å².